The third kappa shape index (κ3) is 65.0. The predicted molar refractivity (Wildman–Crippen MR) is 340 cm³/mol. The second kappa shape index (κ2) is 67.7. The van der Waals surface area contributed by atoms with Crippen LogP contribution in [0.1, 0.15) is 412 Å². The minimum Gasteiger partial charge on any atom is -0.462 e. The Morgan fingerprint density at radius 3 is 0.641 bits per heavy atom. The Morgan fingerprint density at radius 1 is 0.244 bits per heavy atom. The van der Waals surface area contributed by atoms with Crippen LogP contribution in [0.5, 0.6) is 0 Å². The molecule has 6 nitrogen and oxygen atoms in total. The Morgan fingerprint density at radius 2 is 0.423 bits per heavy atom. The van der Waals surface area contributed by atoms with Gasteiger partial charge >= 0.3 is 17.9 Å². The van der Waals surface area contributed by atoms with Gasteiger partial charge in [-0.05, 0) is 44.9 Å². The molecule has 0 radical (unpaired) electrons. The molecular formula is C72H138O6. The van der Waals surface area contributed by atoms with Crippen molar-refractivity contribution in [3.8, 4) is 0 Å². The first-order valence-electron chi connectivity index (χ1n) is 35.7. The van der Waals surface area contributed by atoms with Gasteiger partial charge in [-0.3, -0.25) is 14.4 Å². The molecule has 0 aliphatic heterocycles. The summed E-state index contributed by atoms with van der Waals surface area (Å²) >= 11 is 0. The van der Waals surface area contributed by atoms with E-state index in [1.807, 2.05) is 0 Å². The Balaban J connectivity index is 4.06. The largest absolute Gasteiger partial charge is 0.462 e. The molecular weight excluding hydrogens is 961 g/mol. The number of carbonyl (C=O) groups excluding carboxylic acids is 3. The predicted octanol–water partition coefficient (Wildman–Crippen LogP) is 24.4. The molecule has 0 rings (SSSR count). The highest BCUT2D eigenvalue weighted by Gasteiger charge is 2.19. The summed E-state index contributed by atoms with van der Waals surface area (Å²) in [5, 5.41) is 0. The van der Waals surface area contributed by atoms with Crippen LogP contribution in [0.4, 0.5) is 0 Å². The molecule has 0 N–H and O–H groups in total. The van der Waals surface area contributed by atoms with Gasteiger partial charge < -0.3 is 14.2 Å². The van der Waals surface area contributed by atoms with Gasteiger partial charge in [0.05, 0.1) is 0 Å². The fourth-order valence-corrected chi connectivity index (χ4v) is 11.2. The quantitative estimate of drug-likeness (QED) is 0.0261. The molecule has 0 aliphatic rings. The Hall–Kier alpha value is -1.85. The van der Waals surface area contributed by atoms with Gasteiger partial charge in [-0.2, -0.15) is 0 Å². The lowest BCUT2D eigenvalue weighted by Crippen LogP contribution is -2.30. The smallest absolute Gasteiger partial charge is 0.306 e. The number of hydrogen-bond donors (Lipinski definition) is 0. The maximum Gasteiger partial charge on any atom is 0.306 e. The first kappa shape index (κ1) is 76.1. The van der Waals surface area contributed by atoms with E-state index in [0.717, 1.165) is 64.2 Å². The van der Waals surface area contributed by atoms with E-state index in [-0.39, 0.29) is 31.1 Å². The van der Waals surface area contributed by atoms with Crippen LogP contribution in [0.2, 0.25) is 0 Å². The van der Waals surface area contributed by atoms with Crippen molar-refractivity contribution in [3.05, 3.63) is 12.2 Å². The van der Waals surface area contributed by atoms with E-state index >= 15 is 0 Å². The zero-order valence-corrected chi connectivity index (χ0v) is 53.2. The number of esters is 3. The first-order chi connectivity index (χ1) is 38.5. The molecule has 0 bridgehead atoms. The van der Waals surface area contributed by atoms with Crippen molar-refractivity contribution in [1.82, 2.24) is 0 Å². The maximum absolute atomic E-state index is 12.9. The Kier molecular flexibility index (Phi) is 66.0. The normalized spacial score (nSPS) is 12.0. The van der Waals surface area contributed by atoms with E-state index in [1.54, 1.807) is 0 Å². The molecule has 0 spiro atoms. The third-order valence-corrected chi connectivity index (χ3v) is 16.5. The molecule has 462 valence electrons. The van der Waals surface area contributed by atoms with Crippen LogP contribution in [0.25, 0.3) is 0 Å². The molecule has 0 aromatic rings. The van der Waals surface area contributed by atoms with Gasteiger partial charge in [-0.15, -0.1) is 0 Å². The van der Waals surface area contributed by atoms with E-state index in [2.05, 4.69) is 32.9 Å². The van der Waals surface area contributed by atoms with E-state index in [4.69, 9.17) is 14.2 Å². The van der Waals surface area contributed by atoms with Crippen molar-refractivity contribution in [1.29, 1.82) is 0 Å². The van der Waals surface area contributed by atoms with Crippen molar-refractivity contribution in [2.24, 2.45) is 0 Å². The van der Waals surface area contributed by atoms with Crippen LogP contribution in [-0.4, -0.2) is 37.2 Å². The highest BCUT2D eigenvalue weighted by atomic mass is 16.6. The average Bonchev–Trinajstić information content (AvgIpc) is 3.44. The number of hydrogen-bond acceptors (Lipinski definition) is 6. The second-order valence-corrected chi connectivity index (χ2v) is 24.5. The number of rotatable bonds is 67. The summed E-state index contributed by atoms with van der Waals surface area (Å²) in [5.74, 6) is -0.844. The minimum absolute atomic E-state index is 0.0669. The van der Waals surface area contributed by atoms with Gasteiger partial charge in [0, 0.05) is 19.3 Å². The standard InChI is InChI=1S/C72H138O6/c1-4-7-10-13-16-19-22-25-28-29-30-31-32-33-34-35-36-37-38-39-40-41-42-43-44-45-48-50-53-56-59-62-65-71(74)77-68-69(78-72(75)66-63-60-57-54-51-47-27-24-21-18-15-12-9-6-3)67-76-70(73)64-61-58-55-52-49-46-26-23-20-17-14-11-8-5-2/h24,27,69H,4-23,25-26,28-68H2,1-3H3/b27-24-. The summed E-state index contributed by atoms with van der Waals surface area (Å²) < 4.78 is 17.0. The summed E-state index contributed by atoms with van der Waals surface area (Å²) in [7, 11) is 0. The van der Waals surface area contributed by atoms with Crippen LogP contribution in [0, 0.1) is 0 Å². The van der Waals surface area contributed by atoms with E-state index < -0.39 is 6.10 Å². The lowest BCUT2D eigenvalue weighted by atomic mass is 10.0. The van der Waals surface area contributed by atoms with Crippen LogP contribution in [0.15, 0.2) is 12.2 Å². The maximum atomic E-state index is 12.9. The molecule has 1 atom stereocenters. The van der Waals surface area contributed by atoms with E-state index in [1.165, 1.54) is 308 Å². The molecule has 0 saturated carbocycles. The van der Waals surface area contributed by atoms with Crippen LogP contribution in [-0.2, 0) is 28.6 Å². The van der Waals surface area contributed by atoms with Crippen molar-refractivity contribution in [2.75, 3.05) is 13.2 Å². The molecule has 0 saturated heterocycles. The summed E-state index contributed by atoms with van der Waals surface area (Å²) in [6.07, 6.45) is 81.2. The fraction of sp³-hybridized carbons (Fsp3) is 0.931. The van der Waals surface area contributed by atoms with Gasteiger partial charge in [0.1, 0.15) is 13.2 Å². The summed E-state index contributed by atoms with van der Waals surface area (Å²) in [4.78, 5) is 38.3. The van der Waals surface area contributed by atoms with Gasteiger partial charge in [0.25, 0.3) is 0 Å². The molecule has 0 amide bonds. The molecule has 0 aliphatic carbocycles. The fourth-order valence-electron chi connectivity index (χ4n) is 11.2. The lowest BCUT2D eigenvalue weighted by Gasteiger charge is -2.18. The average molecular weight is 1100 g/mol. The molecule has 0 aromatic heterocycles. The number of unbranched alkanes of at least 4 members (excludes halogenated alkanes) is 54. The number of carbonyl (C=O) groups is 3. The highest BCUT2D eigenvalue weighted by Crippen LogP contribution is 2.19. The van der Waals surface area contributed by atoms with Crippen LogP contribution in [0.3, 0.4) is 0 Å². The monoisotopic (exact) mass is 1100 g/mol. The van der Waals surface area contributed by atoms with E-state index in [0.29, 0.717) is 19.3 Å². The van der Waals surface area contributed by atoms with Gasteiger partial charge in [-0.1, -0.05) is 360 Å². The van der Waals surface area contributed by atoms with Gasteiger partial charge in [0.2, 0.25) is 0 Å². The molecule has 1 unspecified atom stereocenters. The molecule has 0 fully saturated rings. The number of ether oxygens (including phenoxy) is 3. The molecule has 0 heterocycles. The Labute approximate surface area is 488 Å². The van der Waals surface area contributed by atoms with Gasteiger partial charge in [0.15, 0.2) is 6.10 Å². The zero-order valence-electron chi connectivity index (χ0n) is 53.2. The molecule has 78 heavy (non-hydrogen) atoms. The van der Waals surface area contributed by atoms with E-state index in [9.17, 15) is 14.4 Å². The summed E-state index contributed by atoms with van der Waals surface area (Å²) in [6, 6.07) is 0. The number of allylic oxidation sites excluding steroid dienone is 2. The SMILES string of the molecule is CCCCCCC/C=C\CCCCCCCC(=O)OC(COC(=O)CCCCCCCCCCCCCCCC)COC(=O)CCCCCCCCCCCCCCCCCCCCCCCCCCCCCCCCCC. The molecule has 6 heteroatoms. The summed E-state index contributed by atoms with van der Waals surface area (Å²) in [6.45, 7) is 6.70. The van der Waals surface area contributed by atoms with Crippen LogP contribution >= 0.6 is 0 Å². The zero-order chi connectivity index (χ0) is 56.4. The molecule has 0 aromatic carbocycles. The first-order valence-corrected chi connectivity index (χ1v) is 35.7. The topological polar surface area (TPSA) is 78.9 Å². The van der Waals surface area contributed by atoms with Crippen LogP contribution < -0.4 is 0 Å². The van der Waals surface area contributed by atoms with Crippen molar-refractivity contribution in [3.63, 3.8) is 0 Å². The Bertz CT molecular complexity index is 1210. The van der Waals surface area contributed by atoms with Crippen molar-refractivity contribution >= 4 is 17.9 Å². The van der Waals surface area contributed by atoms with Crippen molar-refractivity contribution in [2.45, 2.75) is 419 Å². The second-order valence-electron chi connectivity index (χ2n) is 24.5. The highest BCUT2D eigenvalue weighted by molar-refractivity contribution is 5.71. The minimum atomic E-state index is -0.770. The summed E-state index contributed by atoms with van der Waals surface area (Å²) in [5.41, 5.74) is 0. The van der Waals surface area contributed by atoms with Crippen molar-refractivity contribution < 1.29 is 28.6 Å². The lowest BCUT2D eigenvalue weighted by molar-refractivity contribution is -0.167. The third-order valence-electron chi connectivity index (χ3n) is 16.5. The van der Waals surface area contributed by atoms with Gasteiger partial charge in [-0.25, -0.2) is 0 Å².